The topological polar surface area (TPSA) is 49.4 Å². The van der Waals surface area contributed by atoms with Gasteiger partial charge in [-0.2, -0.15) is 0 Å². The first-order chi connectivity index (χ1) is 8.75. The quantitative estimate of drug-likeness (QED) is 0.811. The van der Waals surface area contributed by atoms with Gasteiger partial charge in [0.25, 0.3) is 0 Å². The Morgan fingerprint density at radius 3 is 2.89 bits per heavy atom. The molecule has 0 radical (unpaired) electrons. The first-order valence-corrected chi connectivity index (χ1v) is 7.30. The van der Waals surface area contributed by atoms with Crippen LogP contribution in [0, 0.1) is 11.8 Å². The Balaban J connectivity index is 1.55. The molecule has 3 atom stereocenters. The van der Waals surface area contributed by atoms with Crippen LogP contribution in [0.3, 0.4) is 0 Å². The zero-order chi connectivity index (χ0) is 12.5. The number of piperidine rings is 1. The second kappa shape index (κ2) is 5.00. The van der Waals surface area contributed by atoms with Crippen molar-refractivity contribution in [2.75, 3.05) is 19.6 Å². The normalized spacial score (nSPS) is 36.8. The van der Waals surface area contributed by atoms with Crippen LogP contribution < -0.4 is 5.32 Å². The number of hydrogen-bond donors (Lipinski definition) is 1. The van der Waals surface area contributed by atoms with Crippen molar-refractivity contribution in [3.8, 4) is 0 Å². The number of nitrogens with one attached hydrogen (secondary N) is 1. The van der Waals surface area contributed by atoms with Crippen LogP contribution in [0.4, 0.5) is 0 Å². The van der Waals surface area contributed by atoms with Crippen molar-refractivity contribution in [3.05, 3.63) is 0 Å². The van der Waals surface area contributed by atoms with Gasteiger partial charge in [0.05, 0.1) is 5.92 Å². The molecule has 0 aromatic rings. The van der Waals surface area contributed by atoms with E-state index >= 15 is 0 Å². The maximum Gasteiger partial charge on any atom is 0.224 e. The summed E-state index contributed by atoms with van der Waals surface area (Å²) in [6, 6.07) is 0.391. The average molecular weight is 250 g/mol. The molecule has 3 fully saturated rings. The second-order valence-corrected chi connectivity index (χ2v) is 5.94. The summed E-state index contributed by atoms with van der Waals surface area (Å²) in [7, 11) is 0. The highest BCUT2D eigenvalue weighted by Crippen LogP contribution is 2.29. The molecule has 4 nitrogen and oxygen atoms in total. The summed E-state index contributed by atoms with van der Waals surface area (Å²) in [6.07, 6.45) is 6.10. The zero-order valence-electron chi connectivity index (χ0n) is 10.9. The molecule has 3 rings (SSSR count). The van der Waals surface area contributed by atoms with E-state index in [1.54, 1.807) is 0 Å². The highest BCUT2D eigenvalue weighted by molar-refractivity contribution is 5.83. The molecule has 0 aromatic carbocycles. The van der Waals surface area contributed by atoms with Crippen LogP contribution in [0.5, 0.6) is 0 Å². The Labute approximate surface area is 108 Å². The molecule has 0 aromatic heterocycles. The van der Waals surface area contributed by atoms with E-state index in [1.807, 2.05) is 0 Å². The van der Waals surface area contributed by atoms with Crippen molar-refractivity contribution >= 4 is 11.7 Å². The minimum Gasteiger partial charge on any atom is -0.354 e. The molecule has 1 N–H and O–H groups in total. The fourth-order valence-electron chi connectivity index (χ4n) is 3.83. The van der Waals surface area contributed by atoms with E-state index in [9.17, 15) is 9.59 Å². The van der Waals surface area contributed by atoms with Gasteiger partial charge in [-0.25, -0.2) is 0 Å². The summed E-state index contributed by atoms with van der Waals surface area (Å²) in [4.78, 5) is 25.8. The summed E-state index contributed by atoms with van der Waals surface area (Å²) >= 11 is 0. The lowest BCUT2D eigenvalue weighted by molar-refractivity contribution is -0.124. The lowest BCUT2D eigenvalue weighted by Gasteiger charge is -2.36. The van der Waals surface area contributed by atoms with Crippen LogP contribution in [0.2, 0.25) is 0 Å². The predicted octanol–water partition coefficient (Wildman–Crippen LogP) is 0.956. The highest BCUT2D eigenvalue weighted by atomic mass is 16.2. The van der Waals surface area contributed by atoms with E-state index in [-0.39, 0.29) is 11.8 Å². The summed E-state index contributed by atoms with van der Waals surface area (Å²) in [5.41, 5.74) is 0. The predicted molar refractivity (Wildman–Crippen MR) is 68.1 cm³/mol. The molecule has 3 aliphatic rings. The molecule has 0 bridgehead atoms. The van der Waals surface area contributed by atoms with Gasteiger partial charge < -0.3 is 5.32 Å². The molecule has 4 heteroatoms. The lowest BCUT2D eigenvalue weighted by atomic mass is 9.90. The molecule has 18 heavy (non-hydrogen) atoms. The smallest absolute Gasteiger partial charge is 0.224 e. The number of ketones is 1. The molecule has 2 aliphatic heterocycles. The van der Waals surface area contributed by atoms with Crippen molar-refractivity contribution in [1.29, 1.82) is 0 Å². The summed E-state index contributed by atoms with van der Waals surface area (Å²) in [5.74, 6) is 1.21. The standard InChI is InChI=1S/C14H22N2O2/c17-13-5-1-3-10(13)6-8-16-7-2-4-11-12(16)9-15-14(11)18/h10-12H,1-9H2,(H,15,18). The monoisotopic (exact) mass is 250 g/mol. The first kappa shape index (κ1) is 12.2. The molecular weight excluding hydrogens is 228 g/mol. The molecule has 2 heterocycles. The largest absolute Gasteiger partial charge is 0.354 e. The van der Waals surface area contributed by atoms with Gasteiger partial charge in [-0.3, -0.25) is 14.5 Å². The Morgan fingerprint density at radius 1 is 1.22 bits per heavy atom. The Morgan fingerprint density at radius 2 is 2.11 bits per heavy atom. The molecule has 0 spiro atoms. The summed E-state index contributed by atoms with van der Waals surface area (Å²) < 4.78 is 0. The zero-order valence-corrected chi connectivity index (χ0v) is 10.9. The van der Waals surface area contributed by atoms with Crippen molar-refractivity contribution in [1.82, 2.24) is 10.2 Å². The van der Waals surface area contributed by atoms with E-state index < -0.39 is 0 Å². The fraction of sp³-hybridized carbons (Fsp3) is 0.857. The maximum absolute atomic E-state index is 11.7. The van der Waals surface area contributed by atoms with Gasteiger partial charge in [-0.1, -0.05) is 0 Å². The molecule has 1 aliphatic carbocycles. The third-order valence-electron chi connectivity index (χ3n) is 4.91. The van der Waals surface area contributed by atoms with E-state index in [4.69, 9.17) is 0 Å². The van der Waals surface area contributed by atoms with E-state index in [0.717, 1.165) is 58.2 Å². The van der Waals surface area contributed by atoms with Crippen molar-refractivity contribution in [3.63, 3.8) is 0 Å². The van der Waals surface area contributed by atoms with Gasteiger partial charge in [0.1, 0.15) is 5.78 Å². The average Bonchev–Trinajstić information content (AvgIpc) is 2.95. The van der Waals surface area contributed by atoms with Crippen molar-refractivity contribution in [2.24, 2.45) is 11.8 Å². The van der Waals surface area contributed by atoms with Crippen LogP contribution >= 0.6 is 0 Å². The number of nitrogens with zero attached hydrogens (tertiary/aromatic N) is 1. The summed E-state index contributed by atoms with van der Waals surface area (Å²) in [6.45, 7) is 2.89. The number of likely N-dealkylation sites (tertiary alicyclic amines) is 1. The van der Waals surface area contributed by atoms with Gasteiger partial charge >= 0.3 is 0 Å². The number of amides is 1. The minimum atomic E-state index is 0.207. The van der Waals surface area contributed by atoms with E-state index in [2.05, 4.69) is 10.2 Å². The van der Waals surface area contributed by atoms with Crippen molar-refractivity contribution in [2.45, 2.75) is 44.6 Å². The van der Waals surface area contributed by atoms with E-state index in [0.29, 0.717) is 17.7 Å². The van der Waals surface area contributed by atoms with Crippen LogP contribution in [0.15, 0.2) is 0 Å². The SMILES string of the molecule is O=C1CCCC1CCN1CCCC2C(=O)NCC21. The van der Waals surface area contributed by atoms with Gasteiger partial charge in [0, 0.05) is 24.9 Å². The molecule has 1 amide bonds. The number of carbonyl (C=O) groups is 2. The molecular formula is C14H22N2O2. The van der Waals surface area contributed by atoms with Crippen LogP contribution in [0.25, 0.3) is 0 Å². The molecule has 3 unspecified atom stereocenters. The molecule has 1 saturated carbocycles. The Hall–Kier alpha value is -0.900. The van der Waals surface area contributed by atoms with Gasteiger partial charge in [-0.15, -0.1) is 0 Å². The first-order valence-electron chi connectivity index (χ1n) is 7.30. The highest BCUT2D eigenvalue weighted by Gasteiger charge is 2.40. The lowest BCUT2D eigenvalue weighted by Crippen LogP contribution is -2.46. The molecule has 2 saturated heterocycles. The van der Waals surface area contributed by atoms with Gasteiger partial charge in [0.2, 0.25) is 5.91 Å². The van der Waals surface area contributed by atoms with Crippen molar-refractivity contribution < 1.29 is 9.59 Å². The number of carbonyl (C=O) groups excluding carboxylic acids is 2. The van der Waals surface area contributed by atoms with Crippen LogP contribution in [-0.4, -0.2) is 42.3 Å². The number of rotatable bonds is 3. The molecule has 100 valence electrons. The fourth-order valence-corrected chi connectivity index (χ4v) is 3.83. The second-order valence-electron chi connectivity index (χ2n) is 5.94. The third kappa shape index (κ3) is 2.18. The minimum absolute atomic E-state index is 0.207. The van der Waals surface area contributed by atoms with E-state index in [1.165, 1.54) is 0 Å². The van der Waals surface area contributed by atoms with Gasteiger partial charge in [0.15, 0.2) is 0 Å². The summed E-state index contributed by atoms with van der Waals surface area (Å²) in [5, 5.41) is 2.98. The Kier molecular flexibility index (Phi) is 3.37. The third-order valence-corrected chi connectivity index (χ3v) is 4.91. The number of fused-ring (bicyclic) bond motifs is 1. The number of Topliss-reactive ketones (excluding diaryl/α,β-unsaturated/α-hetero) is 1. The number of hydrogen-bond acceptors (Lipinski definition) is 3. The maximum atomic E-state index is 11.7. The Bertz CT molecular complexity index is 356. The van der Waals surface area contributed by atoms with Crippen LogP contribution in [-0.2, 0) is 9.59 Å². The van der Waals surface area contributed by atoms with Crippen LogP contribution in [0.1, 0.15) is 38.5 Å². The van der Waals surface area contributed by atoms with Gasteiger partial charge in [-0.05, 0) is 45.2 Å².